The van der Waals surface area contributed by atoms with Crippen LogP contribution in [0.2, 0.25) is 0 Å². The van der Waals surface area contributed by atoms with E-state index in [1.165, 1.54) is 6.42 Å². The maximum absolute atomic E-state index is 13.6. The second kappa shape index (κ2) is 7.25. The number of carbonyl (C=O) groups excluding carboxylic acids is 1. The topological polar surface area (TPSA) is 65.0 Å². The lowest BCUT2D eigenvalue weighted by molar-refractivity contribution is -0.434. The van der Waals surface area contributed by atoms with Crippen LogP contribution < -0.4 is 0 Å². The number of ether oxygens (including phenoxy) is 3. The van der Waals surface area contributed by atoms with E-state index in [1.807, 2.05) is 6.92 Å². The summed E-state index contributed by atoms with van der Waals surface area (Å²) in [4.78, 5) is 13.5. The number of rotatable bonds is 2. The van der Waals surface area contributed by atoms with Gasteiger partial charge in [0.1, 0.15) is 5.60 Å². The van der Waals surface area contributed by atoms with Gasteiger partial charge in [-0.05, 0) is 106 Å². The molecule has 12 atom stereocenters. The number of hydrogen-bond acceptors (Lipinski definition) is 5. The molecule has 5 saturated carbocycles. The van der Waals surface area contributed by atoms with Gasteiger partial charge in [0.15, 0.2) is 6.79 Å². The predicted molar refractivity (Wildman–Crippen MR) is 117 cm³/mol. The molecule has 5 nitrogen and oxygen atoms in total. The molecular weight excluding hydrogens is 461 g/mol. The van der Waals surface area contributed by atoms with Crippen molar-refractivity contribution < 1.29 is 37.3 Å². The van der Waals surface area contributed by atoms with Crippen LogP contribution in [0.4, 0.5) is 13.2 Å². The van der Waals surface area contributed by atoms with Crippen LogP contribution >= 0.6 is 0 Å². The second-order valence-corrected chi connectivity index (χ2v) is 13.2. The van der Waals surface area contributed by atoms with E-state index in [4.69, 9.17) is 9.47 Å². The lowest BCUT2D eigenvalue weighted by Gasteiger charge is -2.56. The molecule has 12 unspecified atom stereocenters. The summed E-state index contributed by atoms with van der Waals surface area (Å²) in [5.41, 5.74) is -1.83. The number of halogens is 3. The molecule has 1 aliphatic heterocycles. The molecule has 1 saturated heterocycles. The Labute approximate surface area is 203 Å². The average Bonchev–Trinajstić information content (AvgIpc) is 3.55. The summed E-state index contributed by atoms with van der Waals surface area (Å²) in [5.74, 6) is 0.466. The van der Waals surface area contributed by atoms with Gasteiger partial charge in [0.2, 0.25) is 0 Å². The summed E-state index contributed by atoms with van der Waals surface area (Å²) < 4.78 is 57.7. The standard InChI is InChI=1S/C27H35F3O5/c1-24(35-23(31)20-9-17-8-19(20)22-16-3-2-15(7-16)21(17)22)10-14-4-5-25(18(6-14)11-24)12-26(32,27(28,29)30)34-13-33-25/h2-3,14-22,32H,4-13H2,1H3. The van der Waals surface area contributed by atoms with Crippen LogP contribution in [0.25, 0.3) is 0 Å². The largest absolute Gasteiger partial charge is 0.459 e. The smallest absolute Gasteiger partial charge is 0.443 e. The van der Waals surface area contributed by atoms with E-state index in [1.54, 1.807) is 0 Å². The minimum absolute atomic E-state index is 0.0452. The van der Waals surface area contributed by atoms with Gasteiger partial charge >= 0.3 is 12.1 Å². The number of alkyl halides is 3. The fourth-order valence-corrected chi connectivity index (χ4v) is 10.1. The Morgan fingerprint density at radius 2 is 1.83 bits per heavy atom. The molecule has 194 valence electrons. The van der Waals surface area contributed by atoms with Crippen molar-refractivity contribution in [3.8, 4) is 0 Å². The SMILES string of the molecule is CC1(OC(=O)C2CC3CC2C2C4C=CC(C4)C32)CC2CCC3(CC(O)(C(F)(F)F)OCO3)C(C2)C1. The zero-order valence-electron chi connectivity index (χ0n) is 20.1. The Balaban J connectivity index is 1.07. The maximum Gasteiger partial charge on any atom is 0.443 e. The van der Waals surface area contributed by atoms with E-state index in [0.717, 1.165) is 31.6 Å². The molecule has 0 aromatic rings. The van der Waals surface area contributed by atoms with Crippen LogP contribution in [0.1, 0.15) is 64.7 Å². The molecule has 0 amide bonds. The number of fused-ring (bicyclic) bond motifs is 12. The highest BCUT2D eigenvalue weighted by Gasteiger charge is 2.66. The molecule has 1 N–H and O–H groups in total. The second-order valence-electron chi connectivity index (χ2n) is 13.2. The van der Waals surface area contributed by atoms with Crippen molar-refractivity contribution in [2.24, 2.45) is 53.3 Å². The van der Waals surface area contributed by atoms with Crippen LogP contribution in [0, 0.1) is 53.3 Å². The van der Waals surface area contributed by atoms with E-state index >= 15 is 0 Å². The minimum atomic E-state index is -4.89. The van der Waals surface area contributed by atoms with Crippen molar-refractivity contribution in [1.82, 2.24) is 0 Å². The Hall–Kier alpha value is -1.12. The van der Waals surface area contributed by atoms with Crippen LogP contribution in [0.5, 0.6) is 0 Å². The Kier molecular flexibility index (Phi) is 4.77. The van der Waals surface area contributed by atoms with Crippen molar-refractivity contribution >= 4 is 5.97 Å². The molecule has 6 aliphatic carbocycles. The predicted octanol–water partition coefficient (Wildman–Crippen LogP) is 4.98. The number of aliphatic hydroxyl groups is 1. The summed E-state index contributed by atoms with van der Waals surface area (Å²) in [5, 5.41) is 10.3. The van der Waals surface area contributed by atoms with Gasteiger partial charge in [-0.2, -0.15) is 13.2 Å². The number of esters is 1. The third-order valence-corrected chi connectivity index (χ3v) is 11.3. The molecule has 6 bridgehead atoms. The first-order valence-corrected chi connectivity index (χ1v) is 13.5. The molecule has 7 aliphatic rings. The van der Waals surface area contributed by atoms with E-state index in [0.29, 0.717) is 48.9 Å². The van der Waals surface area contributed by atoms with Gasteiger partial charge in [-0.3, -0.25) is 4.79 Å². The summed E-state index contributed by atoms with van der Waals surface area (Å²) in [6.45, 7) is 1.37. The number of hydrogen-bond donors (Lipinski definition) is 1. The molecule has 1 spiro atoms. The zero-order chi connectivity index (χ0) is 24.4. The fraction of sp³-hybridized carbons (Fsp3) is 0.889. The molecule has 0 aromatic carbocycles. The van der Waals surface area contributed by atoms with E-state index in [9.17, 15) is 23.1 Å². The van der Waals surface area contributed by atoms with Gasteiger partial charge in [-0.15, -0.1) is 0 Å². The van der Waals surface area contributed by atoms with Crippen molar-refractivity contribution in [1.29, 1.82) is 0 Å². The van der Waals surface area contributed by atoms with Crippen molar-refractivity contribution in [3.63, 3.8) is 0 Å². The molecule has 0 radical (unpaired) electrons. The summed E-state index contributed by atoms with van der Waals surface area (Å²) in [6.07, 6.45) is 5.65. The van der Waals surface area contributed by atoms with Gasteiger partial charge in [-0.1, -0.05) is 12.2 Å². The fourth-order valence-electron chi connectivity index (χ4n) is 10.1. The molecule has 35 heavy (non-hydrogen) atoms. The monoisotopic (exact) mass is 496 g/mol. The highest BCUT2D eigenvalue weighted by molar-refractivity contribution is 5.74. The first kappa shape index (κ1) is 23.0. The van der Waals surface area contributed by atoms with E-state index in [2.05, 4.69) is 16.9 Å². The van der Waals surface area contributed by atoms with Crippen LogP contribution in [0.15, 0.2) is 12.2 Å². The van der Waals surface area contributed by atoms with Crippen LogP contribution in [-0.2, 0) is 19.0 Å². The van der Waals surface area contributed by atoms with Crippen LogP contribution in [-0.4, -0.2) is 41.0 Å². The third-order valence-electron chi connectivity index (χ3n) is 11.3. The van der Waals surface area contributed by atoms with Crippen molar-refractivity contribution in [2.75, 3.05) is 6.79 Å². The molecule has 8 heteroatoms. The summed E-state index contributed by atoms with van der Waals surface area (Å²) in [7, 11) is 0. The van der Waals surface area contributed by atoms with Gasteiger partial charge < -0.3 is 19.3 Å². The van der Waals surface area contributed by atoms with Gasteiger partial charge in [0, 0.05) is 6.42 Å². The average molecular weight is 497 g/mol. The zero-order valence-corrected chi connectivity index (χ0v) is 20.1. The molecule has 7 rings (SSSR count). The van der Waals surface area contributed by atoms with Crippen LogP contribution in [0.3, 0.4) is 0 Å². The number of carbonyl (C=O) groups is 1. The molecular formula is C27H35F3O5. The first-order chi connectivity index (χ1) is 16.5. The lowest BCUT2D eigenvalue weighted by atomic mass is 9.58. The van der Waals surface area contributed by atoms with Gasteiger partial charge in [-0.25, -0.2) is 0 Å². The summed E-state index contributed by atoms with van der Waals surface area (Å²) >= 11 is 0. The number of allylic oxidation sites excluding steroid dienone is 2. The van der Waals surface area contributed by atoms with Gasteiger partial charge in [0.05, 0.1) is 11.5 Å². The van der Waals surface area contributed by atoms with E-state index < -0.39 is 36.4 Å². The normalized spacial score (nSPS) is 56.0. The molecule has 6 fully saturated rings. The molecule has 1 heterocycles. The maximum atomic E-state index is 13.6. The highest BCUT2D eigenvalue weighted by atomic mass is 19.4. The van der Waals surface area contributed by atoms with E-state index in [-0.39, 0.29) is 23.7 Å². The summed E-state index contributed by atoms with van der Waals surface area (Å²) in [6, 6.07) is 0. The minimum Gasteiger partial charge on any atom is -0.459 e. The Morgan fingerprint density at radius 3 is 2.60 bits per heavy atom. The Morgan fingerprint density at radius 1 is 1.06 bits per heavy atom. The Bertz CT molecular complexity index is 952. The van der Waals surface area contributed by atoms with Crippen molar-refractivity contribution in [3.05, 3.63) is 12.2 Å². The molecule has 0 aromatic heterocycles. The van der Waals surface area contributed by atoms with Crippen molar-refractivity contribution in [2.45, 2.75) is 87.9 Å². The highest BCUT2D eigenvalue weighted by Crippen LogP contribution is 2.67. The first-order valence-electron chi connectivity index (χ1n) is 13.5. The van der Waals surface area contributed by atoms with Gasteiger partial charge in [0.25, 0.3) is 5.79 Å². The third kappa shape index (κ3) is 3.27. The lowest BCUT2D eigenvalue weighted by Crippen LogP contribution is -2.63. The quantitative estimate of drug-likeness (QED) is 0.332.